The van der Waals surface area contributed by atoms with E-state index < -0.39 is 5.82 Å². The first-order chi connectivity index (χ1) is 8.97. The van der Waals surface area contributed by atoms with Gasteiger partial charge >= 0.3 is 0 Å². The van der Waals surface area contributed by atoms with Gasteiger partial charge in [-0.1, -0.05) is 39.7 Å². The second-order valence-corrected chi connectivity index (χ2v) is 5.47. The van der Waals surface area contributed by atoms with E-state index in [1.54, 1.807) is 24.3 Å². The molecule has 0 aromatic heterocycles. The molecule has 6 heteroatoms. The van der Waals surface area contributed by atoms with E-state index in [4.69, 9.17) is 34.3 Å². The highest BCUT2D eigenvalue weighted by Crippen LogP contribution is 2.30. The lowest BCUT2D eigenvalue weighted by Gasteiger charge is -2.11. The second kappa shape index (κ2) is 5.86. The van der Waals surface area contributed by atoms with E-state index in [1.807, 2.05) is 0 Å². The normalized spacial score (nSPS) is 10.3. The first kappa shape index (κ1) is 14.2. The lowest BCUT2D eigenvalue weighted by atomic mass is 10.2. The predicted octanol–water partition coefficient (Wildman–Crippen LogP) is 4.67. The van der Waals surface area contributed by atoms with Gasteiger partial charge in [-0.05, 0) is 36.4 Å². The summed E-state index contributed by atoms with van der Waals surface area (Å²) in [5.74, 6) is -0.0423. The van der Waals surface area contributed by atoms with E-state index in [2.05, 4.69) is 15.9 Å². The highest BCUT2D eigenvalue weighted by molar-refractivity contribution is 9.10. The number of thiocarbonyl (C=S) groups is 1. The average molecular weight is 361 g/mol. The fourth-order valence-corrected chi connectivity index (χ4v) is 2.12. The van der Waals surface area contributed by atoms with E-state index >= 15 is 0 Å². The van der Waals surface area contributed by atoms with Crippen LogP contribution in [0.25, 0.3) is 0 Å². The van der Waals surface area contributed by atoms with Crippen molar-refractivity contribution in [3.05, 3.63) is 57.3 Å². The molecule has 0 saturated heterocycles. The molecule has 2 nitrogen and oxygen atoms in total. The number of nitrogens with two attached hydrogens (primary N) is 1. The van der Waals surface area contributed by atoms with Gasteiger partial charge in [-0.25, -0.2) is 4.39 Å². The quantitative estimate of drug-likeness (QED) is 0.808. The third-order valence-corrected chi connectivity index (χ3v) is 3.27. The van der Waals surface area contributed by atoms with Gasteiger partial charge in [-0.2, -0.15) is 0 Å². The molecule has 0 fully saturated rings. The van der Waals surface area contributed by atoms with E-state index in [-0.39, 0.29) is 10.7 Å². The average Bonchev–Trinajstić information content (AvgIpc) is 2.34. The van der Waals surface area contributed by atoms with Gasteiger partial charge in [0.15, 0.2) is 11.6 Å². The highest BCUT2D eigenvalue weighted by Gasteiger charge is 2.11. The number of ether oxygens (including phenoxy) is 1. The van der Waals surface area contributed by atoms with E-state index in [1.165, 1.54) is 12.1 Å². The zero-order valence-corrected chi connectivity index (χ0v) is 12.7. The summed E-state index contributed by atoms with van der Waals surface area (Å²) in [6.45, 7) is 0. The van der Waals surface area contributed by atoms with Crippen molar-refractivity contribution in [2.45, 2.75) is 0 Å². The monoisotopic (exact) mass is 359 g/mol. The Balaban J connectivity index is 2.40. The smallest absolute Gasteiger partial charge is 0.166 e. The van der Waals surface area contributed by atoms with Crippen molar-refractivity contribution >= 4 is 44.7 Å². The lowest BCUT2D eigenvalue weighted by molar-refractivity contribution is 0.441. The van der Waals surface area contributed by atoms with Crippen LogP contribution in [0.15, 0.2) is 40.9 Å². The van der Waals surface area contributed by atoms with Gasteiger partial charge in [0.05, 0.1) is 5.56 Å². The molecule has 2 N–H and O–H groups in total. The third-order valence-electron chi connectivity index (χ3n) is 2.32. The topological polar surface area (TPSA) is 35.2 Å². The van der Waals surface area contributed by atoms with Crippen molar-refractivity contribution in [3.8, 4) is 11.5 Å². The molecule has 2 aromatic rings. The summed E-state index contributed by atoms with van der Waals surface area (Å²) in [6.07, 6.45) is 0. The summed E-state index contributed by atoms with van der Waals surface area (Å²) >= 11 is 14.0. The summed E-state index contributed by atoms with van der Waals surface area (Å²) in [4.78, 5) is 0.134. The predicted molar refractivity (Wildman–Crippen MR) is 81.5 cm³/mol. The Morgan fingerprint density at radius 3 is 2.53 bits per heavy atom. The largest absolute Gasteiger partial charge is 0.454 e. The zero-order chi connectivity index (χ0) is 14.0. The zero-order valence-electron chi connectivity index (χ0n) is 9.49. The molecule has 0 atom stereocenters. The molecule has 0 aliphatic carbocycles. The van der Waals surface area contributed by atoms with Crippen molar-refractivity contribution in [2.75, 3.05) is 0 Å². The van der Waals surface area contributed by atoms with Crippen LogP contribution in [-0.2, 0) is 0 Å². The fraction of sp³-hybridized carbons (Fsp3) is 0. The molecule has 0 radical (unpaired) electrons. The molecule has 0 unspecified atom stereocenters. The van der Waals surface area contributed by atoms with Gasteiger partial charge in [0, 0.05) is 9.50 Å². The Bertz CT molecular complexity index is 651. The summed E-state index contributed by atoms with van der Waals surface area (Å²) in [5, 5.41) is 0.478. The van der Waals surface area contributed by atoms with Crippen molar-refractivity contribution in [3.63, 3.8) is 0 Å². The van der Waals surface area contributed by atoms with Crippen LogP contribution in [0.5, 0.6) is 11.5 Å². The van der Waals surface area contributed by atoms with E-state index in [0.29, 0.717) is 20.8 Å². The third kappa shape index (κ3) is 3.43. The minimum atomic E-state index is -0.488. The van der Waals surface area contributed by atoms with Gasteiger partial charge in [0.1, 0.15) is 10.7 Å². The number of benzene rings is 2. The Labute approximate surface area is 128 Å². The minimum absolute atomic E-state index is 0.0861. The summed E-state index contributed by atoms with van der Waals surface area (Å²) in [5.41, 5.74) is 6.05. The summed E-state index contributed by atoms with van der Waals surface area (Å²) in [7, 11) is 0. The van der Waals surface area contributed by atoms with Crippen LogP contribution >= 0.6 is 39.7 Å². The first-order valence-corrected chi connectivity index (χ1v) is 6.77. The van der Waals surface area contributed by atoms with Gasteiger partial charge in [-0.15, -0.1) is 0 Å². The van der Waals surface area contributed by atoms with Gasteiger partial charge < -0.3 is 10.5 Å². The van der Waals surface area contributed by atoms with Crippen LogP contribution in [0.4, 0.5) is 4.39 Å². The van der Waals surface area contributed by atoms with Gasteiger partial charge in [-0.3, -0.25) is 0 Å². The molecule has 0 aliphatic heterocycles. The molecular formula is C13H8BrClFNOS. The maximum absolute atomic E-state index is 13.7. The Hall–Kier alpha value is -1.17. The Kier molecular flexibility index (Phi) is 4.39. The molecular weight excluding hydrogens is 353 g/mol. The number of hydrogen-bond donors (Lipinski definition) is 1. The molecule has 2 aromatic carbocycles. The molecule has 0 aliphatic rings. The lowest BCUT2D eigenvalue weighted by Crippen LogP contribution is -2.10. The number of hydrogen-bond acceptors (Lipinski definition) is 2. The van der Waals surface area contributed by atoms with Crippen molar-refractivity contribution < 1.29 is 9.13 Å². The molecule has 19 heavy (non-hydrogen) atoms. The van der Waals surface area contributed by atoms with Gasteiger partial charge in [0.25, 0.3) is 0 Å². The van der Waals surface area contributed by atoms with Crippen molar-refractivity contribution in [2.24, 2.45) is 5.73 Å². The van der Waals surface area contributed by atoms with Crippen LogP contribution in [0.2, 0.25) is 5.02 Å². The van der Waals surface area contributed by atoms with Crippen LogP contribution in [0.1, 0.15) is 5.56 Å². The Morgan fingerprint density at radius 2 is 1.89 bits per heavy atom. The Morgan fingerprint density at radius 1 is 1.21 bits per heavy atom. The van der Waals surface area contributed by atoms with Crippen LogP contribution in [-0.4, -0.2) is 4.99 Å². The number of halogens is 3. The highest BCUT2D eigenvalue weighted by atomic mass is 79.9. The fourth-order valence-electron chi connectivity index (χ4n) is 1.46. The maximum Gasteiger partial charge on any atom is 0.166 e. The summed E-state index contributed by atoms with van der Waals surface area (Å²) < 4.78 is 19.8. The van der Waals surface area contributed by atoms with Crippen molar-refractivity contribution in [1.82, 2.24) is 0 Å². The SMILES string of the molecule is NC(=S)c1cc(Cl)ccc1Oc1ccc(Br)cc1F. The molecule has 98 valence electrons. The molecule has 2 rings (SSSR count). The molecule has 0 heterocycles. The molecule has 0 saturated carbocycles. The minimum Gasteiger partial charge on any atom is -0.454 e. The van der Waals surface area contributed by atoms with Crippen LogP contribution < -0.4 is 10.5 Å². The first-order valence-electron chi connectivity index (χ1n) is 5.19. The van der Waals surface area contributed by atoms with E-state index in [0.717, 1.165) is 0 Å². The van der Waals surface area contributed by atoms with Crippen LogP contribution in [0.3, 0.4) is 0 Å². The number of rotatable bonds is 3. The second-order valence-electron chi connectivity index (χ2n) is 3.68. The van der Waals surface area contributed by atoms with Gasteiger partial charge in [0.2, 0.25) is 0 Å². The summed E-state index contributed by atoms with van der Waals surface area (Å²) in [6, 6.07) is 9.29. The standard InChI is InChI=1S/C13H8BrClFNOS/c14-7-1-3-12(10(16)5-7)18-11-4-2-8(15)6-9(11)13(17)19/h1-6H,(H2,17,19). The maximum atomic E-state index is 13.7. The van der Waals surface area contributed by atoms with Crippen molar-refractivity contribution in [1.29, 1.82) is 0 Å². The van der Waals surface area contributed by atoms with E-state index in [9.17, 15) is 4.39 Å². The molecule has 0 amide bonds. The molecule has 0 spiro atoms. The molecule has 0 bridgehead atoms. The van der Waals surface area contributed by atoms with Crippen LogP contribution in [0, 0.1) is 5.82 Å².